The third-order valence-electron chi connectivity index (χ3n) is 6.02. The average molecular weight is 368 g/mol. The van der Waals surface area contributed by atoms with E-state index in [9.17, 15) is 0 Å². The van der Waals surface area contributed by atoms with Crippen molar-refractivity contribution in [2.75, 3.05) is 11.9 Å². The monoisotopic (exact) mass is 368 g/mol. The smallest absolute Gasteiger partial charge is 0.135 e. The second-order valence-corrected chi connectivity index (χ2v) is 7.64. The van der Waals surface area contributed by atoms with Gasteiger partial charge in [-0.1, -0.05) is 36.4 Å². The van der Waals surface area contributed by atoms with Gasteiger partial charge in [0.1, 0.15) is 17.3 Å². The molecule has 0 N–H and O–H groups in total. The van der Waals surface area contributed by atoms with Gasteiger partial charge in [-0.05, 0) is 56.7 Å². The normalized spacial score (nSPS) is 17.4. The maximum absolute atomic E-state index is 6.01. The summed E-state index contributed by atoms with van der Waals surface area (Å²) >= 11 is 0. The van der Waals surface area contributed by atoms with E-state index in [1.165, 1.54) is 39.0 Å². The molecule has 1 aliphatic rings. The van der Waals surface area contributed by atoms with E-state index in [4.69, 9.17) is 4.42 Å². The zero-order chi connectivity index (χ0) is 19.4. The fourth-order valence-electron chi connectivity index (χ4n) is 4.51. The van der Waals surface area contributed by atoms with E-state index in [-0.39, 0.29) is 6.17 Å². The Balaban J connectivity index is 1.69. The average Bonchev–Trinajstić information content (AvgIpc) is 3.17. The highest BCUT2D eigenvalue weighted by atomic mass is 16.3. The van der Waals surface area contributed by atoms with Crippen molar-refractivity contribution in [3.05, 3.63) is 83.6 Å². The third kappa shape index (κ3) is 2.36. The molecule has 1 unspecified atom stereocenters. The van der Waals surface area contributed by atoms with Gasteiger partial charge in [-0.2, -0.15) is 0 Å². The Kier molecular flexibility index (Phi) is 3.73. The molecule has 5 rings (SSSR count). The van der Waals surface area contributed by atoms with Gasteiger partial charge in [0.15, 0.2) is 0 Å². The van der Waals surface area contributed by atoms with Crippen molar-refractivity contribution in [1.82, 2.24) is 4.90 Å². The Labute approximate surface area is 165 Å². The summed E-state index contributed by atoms with van der Waals surface area (Å²) in [6.45, 7) is 6.66. The summed E-state index contributed by atoms with van der Waals surface area (Å²) in [5.41, 5.74) is 8.20. The van der Waals surface area contributed by atoms with Gasteiger partial charge in [0, 0.05) is 34.8 Å². The molecule has 0 saturated heterocycles. The van der Waals surface area contributed by atoms with Crippen LogP contribution in [0.25, 0.3) is 27.6 Å². The summed E-state index contributed by atoms with van der Waals surface area (Å²) < 4.78 is 6.01. The molecule has 140 valence electrons. The van der Waals surface area contributed by atoms with E-state index in [0.29, 0.717) is 0 Å². The minimum atomic E-state index is 0.257. The first-order chi connectivity index (χ1) is 13.6. The highest BCUT2D eigenvalue weighted by Crippen LogP contribution is 2.40. The lowest BCUT2D eigenvalue weighted by molar-refractivity contribution is 0.398. The fraction of sp³-hybridized carbons (Fsp3) is 0.200. The largest absolute Gasteiger partial charge is 0.456 e. The van der Waals surface area contributed by atoms with Crippen LogP contribution in [0.2, 0.25) is 0 Å². The first kappa shape index (κ1) is 16.9. The summed E-state index contributed by atoms with van der Waals surface area (Å²) in [5, 5.41) is 2.34. The minimum absolute atomic E-state index is 0.257. The minimum Gasteiger partial charge on any atom is -0.456 e. The van der Waals surface area contributed by atoms with Crippen LogP contribution in [0.4, 0.5) is 5.69 Å². The van der Waals surface area contributed by atoms with Crippen LogP contribution in [0.15, 0.2) is 76.8 Å². The van der Waals surface area contributed by atoms with Crippen LogP contribution in [-0.4, -0.2) is 18.1 Å². The number of fused-ring (bicyclic) bond motifs is 3. The number of benzene rings is 3. The Morgan fingerprint density at radius 2 is 1.54 bits per heavy atom. The van der Waals surface area contributed by atoms with E-state index < -0.39 is 0 Å². The van der Waals surface area contributed by atoms with Crippen molar-refractivity contribution >= 4 is 33.3 Å². The summed E-state index contributed by atoms with van der Waals surface area (Å²) in [4.78, 5) is 4.80. The van der Waals surface area contributed by atoms with Crippen molar-refractivity contribution in [2.45, 2.75) is 26.9 Å². The second kappa shape index (κ2) is 6.16. The summed E-state index contributed by atoms with van der Waals surface area (Å²) in [7, 11) is 2.18. The van der Waals surface area contributed by atoms with E-state index >= 15 is 0 Å². The lowest BCUT2D eigenvalue weighted by Gasteiger charge is -2.30. The van der Waals surface area contributed by atoms with Crippen LogP contribution in [0, 0.1) is 6.92 Å². The molecule has 3 nitrogen and oxygen atoms in total. The number of allylic oxidation sites excluding steroid dienone is 1. The maximum atomic E-state index is 6.01. The van der Waals surface area contributed by atoms with Crippen molar-refractivity contribution in [3.8, 4) is 0 Å². The number of anilines is 1. The molecule has 0 saturated carbocycles. The van der Waals surface area contributed by atoms with Crippen molar-refractivity contribution in [1.29, 1.82) is 0 Å². The molecule has 1 aromatic heterocycles. The second-order valence-electron chi connectivity index (χ2n) is 7.64. The summed E-state index contributed by atoms with van der Waals surface area (Å²) in [6, 6.07) is 23.4. The summed E-state index contributed by atoms with van der Waals surface area (Å²) in [6.07, 6.45) is 0.257. The van der Waals surface area contributed by atoms with Crippen molar-refractivity contribution in [2.24, 2.45) is 0 Å². The molecule has 3 aromatic carbocycles. The molecule has 28 heavy (non-hydrogen) atoms. The van der Waals surface area contributed by atoms with E-state index in [1.54, 1.807) is 0 Å². The van der Waals surface area contributed by atoms with Crippen molar-refractivity contribution in [3.63, 3.8) is 0 Å². The predicted octanol–water partition coefficient (Wildman–Crippen LogP) is 6.38. The fourth-order valence-corrected chi connectivity index (χ4v) is 4.51. The molecule has 0 radical (unpaired) electrons. The standard InChI is InChI=1S/C25H24N2O/c1-16-9-5-7-11-22(16)27-17(2)25(26(4)18(27)3)19-13-14-24-21(15-19)20-10-6-8-12-23(20)28-24/h5-15,18H,1-4H3. The van der Waals surface area contributed by atoms with Crippen LogP contribution in [0.5, 0.6) is 0 Å². The van der Waals surface area contributed by atoms with Gasteiger partial charge < -0.3 is 14.2 Å². The third-order valence-corrected chi connectivity index (χ3v) is 6.02. The molecule has 2 heterocycles. The summed E-state index contributed by atoms with van der Waals surface area (Å²) in [5.74, 6) is 0. The van der Waals surface area contributed by atoms with E-state index in [1.807, 2.05) is 12.1 Å². The van der Waals surface area contributed by atoms with Gasteiger partial charge in [0.2, 0.25) is 0 Å². The quantitative estimate of drug-likeness (QED) is 0.409. The highest BCUT2D eigenvalue weighted by Gasteiger charge is 2.33. The van der Waals surface area contributed by atoms with Gasteiger partial charge >= 0.3 is 0 Å². The highest BCUT2D eigenvalue weighted by molar-refractivity contribution is 6.05. The molecular weight excluding hydrogens is 344 g/mol. The first-order valence-electron chi connectivity index (χ1n) is 9.76. The molecule has 0 spiro atoms. The first-order valence-corrected chi connectivity index (χ1v) is 9.76. The van der Waals surface area contributed by atoms with Crippen LogP contribution in [-0.2, 0) is 0 Å². The number of aryl methyl sites for hydroxylation is 1. The lowest BCUT2D eigenvalue weighted by Crippen LogP contribution is -2.35. The van der Waals surface area contributed by atoms with E-state index in [0.717, 1.165) is 11.2 Å². The Morgan fingerprint density at radius 1 is 0.821 bits per heavy atom. The van der Waals surface area contributed by atoms with Gasteiger partial charge in [-0.15, -0.1) is 0 Å². The van der Waals surface area contributed by atoms with Crippen molar-refractivity contribution < 1.29 is 4.42 Å². The number of para-hydroxylation sites is 2. The molecular formula is C25H24N2O. The SMILES string of the molecule is CC1=C(c2ccc3oc4ccccc4c3c2)N(C)C(C)N1c1ccccc1C. The Morgan fingerprint density at radius 3 is 2.36 bits per heavy atom. The molecule has 4 aromatic rings. The Hall–Kier alpha value is -3.20. The zero-order valence-electron chi connectivity index (χ0n) is 16.7. The van der Waals surface area contributed by atoms with Crippen LogP contribution in [0.1, 0.15) is 25.0 Å². The molecule has 1 atom stereocenters. The maximum Gasteiger partial charge on any atom is 0.135 e. The zero-order valence-corrected chi connectivity index (χ0v) is 16.7. The molecule has 0 amide bonds. The Bertz CT molecular complexity index is 1230. The number of nitrogens with zero attached hydrogens (tertiary/aromatic N) is 2. The predicted molar refractivity (Wildman–Crippen MR) is 117 cm³/mol. The van der Waals surface area contributed by atoms with Crippen LogP contribution >= 0.6 is 0 Å². The topological polar surface area (TPSA) is 19.6 Å². The number of furan rings is 1. The molecule has 0 fully saturated rings. The number of hydrogen-bond acceptors (Lipinski definition) is 3. The van der Waals surface area contributed by atoms with Gasteiger partial charge in [-0.25, -0.2) is 0 Å². The van der Waals surface area contributed by atoms with Crippen LogP contribution < -0.4 is 4.90 Å². The molecule has 0 bridgehead atoms. The van der Waals surface area contributed by atoms with Crippen LogP contribution in [0.3, 0.4) is 0 Å². The molecule has 3 heteroatoms. The van der Waals surface area contributed by atoms with Gasteiger partial charge in [0.05, 0.1) is 5.70 Å². The number of hydrogen-bond donors (Lipinski definition) is 0. The number of rotatable bonds is 2. The molecule has 0 aliphatic carbocycles. The van der Waals surface area contributed by atoms with Gasteiger partial charge in [-0.3, -0.25) is 0 Å². The molecule has 1 aliphatic heterocycles. The lowest BCUT2D eigenvalue weighted by atomic mass is 10.1. The van der Waals surface area contributed by atoms with E-state index in [2.05, 4.69) is 92.2 Å². The van der Waals surface area contributed by atoms with Gasteiger partial charge in [0.25, 0.3) is 0 Å².